The number of amides is 2. The van der Waals surface area contributed by atoms with Crippen LogP contribution in [-0.2, 0) is 9.59 Å². The average molecular weight is 427 g/mol. The molecule has 0 saturated carbocycles. The van der Waals surface area contributed by atoms with Crippen LogP contribution in [0, 0.1) is 13.8 Å². The molecule has 162 valence electrons. The molecule has 5 nitrogen and oxygen atoms in total. The molecule has 0 atom stereocenters. The number of imide groups is 1. The molecule has 0 aliphatic carbocycles. The van der Waals surface area contributed by atoms with Crippen molar-refractivity contribution in [3.63, 3.8) is 0 Å². The predicted molar refractivity (Wildman–Crippen MR) is 128 cm³/mol. The highest BCUT2D eigenvalue weighted by Gasteiger charge is 2.40. The SMILES string of the molecule is CCCOc1ccc(C2=C(Nc3ccccc3C)C(=O)N(c3ccccc3C)C2=O)cc1. The highest BCUT2D eigenvalue weighted by Crippen LogP contribution is 2.35. The van der Waals surface area contributed by atoms with Gasteiger partial charge in [-0.25, -0.2) is 4.90 Å². The minimum atomic E-state index is -0.367. The van der Waals surface area contributed by atoms with Crippen molar-refractivity contribution >= 4 is 28.8 Å². The smallest absolute Gasteiger partial charge is 0.282 e. The Bertz CT molecular complexity index is 1200. The fourth-order valence-electron chi connectivity index (χ4n) is 3.73. The number of hydrogen-bond donors (Lipinski definition) is 1. The largest absolute Gasteiger partial charge is 0.494 e. The molecule has 0 aromatic heterocycles. The van der Waals surface area contributed by atoms with E-state index in [1.165, 1.54) is 4.90 Å². The highest BCUT2D eigenvalue weighted by atomic mass is 16.5. The Morgan fingerprint density at radius 3 is 2.12 bits per heavy atom. The zero-order chi connectivity index (χ0) is 22.7. The molecule has 32 heavy (non-hydrogen) atoms. The van der Waals surface area contributed by atoms with Gasteiger partial charge in [-0.3, -0.25) is 9.59 Å². The molecule has 0 fully saturated rings. The second-order valence-corrected chi connectivity index (χ2v) is 7.79. The minimum Gasteiger partial charge on any atom is -0.494 e. The van der Waals surface area contributed by atoms with Crippen LogP contribution < -0.4 is 15.0 Å². The van der Waals surface area contributed by atoms with E-state index in [-0.39, 0.29) is 17.5 Å². The van der Waals surface area contributed by atoms with E-state index in [0.29, 0.717) is 23.4 Å². The predicted octanol–water partition coefficient (Wildman–Crippen LogP) is 5.49. The van der Waals surface area contributed by atoms with Gasteiger partial charge in [-0.2, -0.15) is 0 Å². The van der Waals surface area contributed by atoms with Crippen LogP contribution in [0.3, 0.4) is 0 Å². The number of anilines is 2. The van der Waals surface area contributed by atoms with Gasteiger partial charge in [0, 0.05) is 5.69 Å². The van der Waals surface area contributed by atoms with Crippen LogP contribution in [0.25, 0.3) is 5.57 Å². The van der Waals surface area contributed by atoms with Crippen molar-refractivity contribution in [1.82, 2.24) is 0 Å². The Morgan fingerprint density at radius 1 is 0.812 bits per heavy atom. The Hall–Kier alpha value is -3.86. The van der Waals surface area contributed by atoms with Crippen molar-refractivity contribution in [3.05, 3.63) is 95.2 Å². The summed E-state index contributed by atoms with van der Waals surface area (Å²) < 4.78 is 5.67. The van der Waals surface area contributed by atoms with Crippen LogP contribution in [0.4, 0.5) is 11.4 Å². The number of nitrogens with zero attached hydrogens (tertiary/aromatic N) is 1. The Balaban J connectivity index is 1.79. The summed E-state index contributed by atoms with van der Waals surface area (Å²) >= 11 is 0. The summed E-state index contributed by atoms with van der Waals surface area (Å²) in [6.07, 6.45) is 0.912. The molecular weight excluding hydrogens is 400 g/mol. The van der Waals surface area contributed by atoms with Crippen LogP contribution in [0.2, 0.25) is 0 Å². The molecular formula is C27H26N2O3. The van der Waals surface area contributed by atoms with Crippen molar-refractivity contribution in [2.24, 2.45) is 0 Å². The Labute approximate surface area is 188 Å². The van der Waals surface area contributed by atoms with Crippen LogP contribution in [-0.4, -0.2) is 18.4 Å². The van der Waals surface area contributed by atoms with Crippen molar-refractivity contribution in [3.8, 4) is 5.75 Å². The van der Waals surface area contributed by atoms with E-state index >= 15 is 0 Å². The summed E-state index contributed by atoms with van der Waals surface area (Å²) in [7, 11) is 0. The molecule has 1 aliphatic rings. The molecule has 0 unspecified atom stereocenters. The molecule has 4 rings (SSSR count). The highest BCUT2D eigenvalue weighted by molar-refractivity contribution is 6.46. The van der Waals surface area contributed by atoms with Gasteiger partial charge in [0.2, 0.25) is 0 Å². The topological polar surface area (TPSA) is 58.6 Å². The van der Waals surface area contributed by atoms with Crippen LogP contribution in [0.15, 0.2) is 78.5 Å². The Kier molecular flexibility index (Phi) is 6.08. The molecule has 3 aromatic carbocycles. The first-order chi connectivity index (χ1) is 15.5. The van der Waals surface area contributed by atoms with E-state index in [0.717, 1.165) is 29.0 Å². The lowest BCUT2D eigenvalue weighted by molar-refractivity contribution is -0.120. The van der Waals surface area contributed by atoms with Gasteiger partial charge in [-0.05, 0) is 61.2 Å². The van der Waals surface area contributed by atoms with E-state index in [9.17, 15) is 9.59 Å². The summed E-state index contributed by atoms with van der Waals surface area (Å²) in [5, 5.41) is 3.24. The van der Waals surface area contributed by atoms with E-state index in [1.54, 1.807) is 6.07 Å². The minimum absolute atomic E-state index is 0.273. The fourth-order valence-corrected chi connectivity index (χ4v) is 3.73. The zero-order valence-electron chi connectivity index (χ0n) is 18.5. The number of carbonyl (C=O) groups is 2. The number of carbonyl (C=O) groups excluding carboxylic acids is 2. The lowest BCUT2D eigenvalue weighted by atomic mass is 10.0. The maximum absolute atomic E-state index is 13.6. The quantitative estimate of drug-likeness (QED) is 0.508. The van der Waals surface area contributed by atoms with Crippen molar-refractivity contribution in [2.75, 3.05) is 16.8 Å². The number of ether oxygens (including phenoxy) is 1. The van der Waals surface area contributed by atoms with E-state index in [4.69, 9.17) is 4.74 Å². The van der Waals surface area contributed by atoms with Gasteiger partial charge in [-0.1, -0.05) is 55.5 Å². The third kappa shape index (κ3) is 4.02. The van der Waals surface area contributed by atoms with Crippen LogP contribution in [0.1, 0.15) is 30.0 Å². The summed E-state index contributed by atoms with van der Waals surface area (Å²) in [5.74, 6) is 0.0219. The number of hydrogen-bond acceptors (Lipinski definition) is 4. The molecule has 2 amide bonds. The van der Waals surface area contributed by atoms with Gasteiger partial charge in [-0.15, -0.1) is 0 Å². The standard InChI is InChI=1S/C27H26N2O3/c1-4-17-32-21-15-13-20(14-16-21)24-25(28-22-11-7-5-9-18(22)2)27(31)29(26(24)30)23-12-8-6-10-19(23)3/h5-16,28H,4,17H2,1-3H3. The second kappa shape index (κ2) is 9.10. The van der Waals surface area contributed by atoms with Gasteiger partial charge in [0.25, 0.3) is 11.8 Å². The lowest BCUT2D eigenvalue weighted by Crippen LogP contribution is -2.33. The van der Waals surface area contributed by atoms with Crippen LogP contribution >= 0.6 is 0 Å². The Morgan fingerprint density at radius 2 is 1.47 bits per heavy atom. The molecule has 0 radical (unpaired) electrons. The maximum atomic E-state index is 13.6. The van der Waals surface area contributed by atoms with E-state index < -0.39 is 0 Å². The lowest BCUT2D eigenvalue weighted by Gasteiger charge is -2.18. The third-order valence-electron chi connectivity index (χ3n) is 5.46. The average Bonchev–Trinajstić information content (AvgIpc) is 3.04. The van der Waals surface area contributed by atoms with Gasteiger partial charge < -0.3 is 10.1 Å². The van der Waals surface area contributed by atoms with E-state index in [2.05, 4.69) is 5.32 Å². The normalized spacial score (nSPS) is 13.7. The molecule has 0 bridgehead atoms. The van der Waals surface area contributed by atoms with Crippen molar-refractivity contribution in [1.29, 1.82) is 0 Å². The molecule has 3 aromatic rings. The van der Waals surface area contributed by atoms with Gasteiger partial charge in [0.05, 0.1) is 17.9 Å². The number of para-hydroxylation sites is 2. The molecule has 1 N–H and O–H groups in total. The number of aryl methyl sites for hydroxylation is 2. The number of benzene rings is 3. The molecule has 0 saturated heterocycles. The summed E-state index contributed by atoms with van der Waals surface area (Å²) in [6, 6.07) is 22.4. The first-order valence-electron chi connectivity index (χ1n) is 10.8. The first-order valence-corrected chi connectivity index (χ1v) is 10.8. The second-order valence-electron chi connectivity index (χ2n) is 7.79. The summed E-state index contributed by atoms with van der Waals surface area (Å²) in [6.45, 7) is 6.53. The van der Waals surface area contributed by atoms with Gasteiger partial charge in [0.15, 0.2) is 0 Å². The zero-order valence-corrected chi connectivity index (χ0v) is 18.5. The number of rotatable bonds is 7. The molecule has 1 aliphatic heterocycles. The third-order valence-corrected chi connectivity index (χ3v) is 5.46. The van der Waals surface area contributed by atoms with Gasteiger partial charge in [0.1, 0.15) is 11.4 Å². The van der Waals surface area contributed by atoms with Crippen molar-refractivity contribution < 1.29 is 14.3 Å². The molecule has 0 spiro atoms. The monoisotopic (exact) mass is 426 g/mol. The van der Waals surface area contributed by atoms with Crippen LogP contribution in [0.5, 0.6) is 5.75 Å². The fraction of sp³-hybridized carbons (Fsp3) is 0.185. The van der Waals surface area contributed by atoms with Crippen molar-refractivity contribution in [2.45, 2.75) is 27.2 Å². The molecule has 5 heteroatoms. The summed E-state index contributed by atoms with van der Waals surface area (Å²) in [5.41, 5.74) is 4.50. The van der Waals surface area contributed by atoms with E-state index in [1.807, 2.05) is 87.5 Å². The van der Waals surface area contributed by atoms with Gasteiger partial charge >= 0.3 is 0 Å². The molecule has 1 heterocycles. The number of nitrogens with one attached hydrogen (secondary N) is 1. The first kappa shape index (κ1) is 21.4. The maximum Gasteiger partial charge on any atom is 0.282 e. The summed E-state index contributed by atoms with van der Waals surface area (Å²) in [4.78, 5) is 28.4.